The van der Waals surface area contributed by atoms with Gasteiger partial charge < -0.3 is 0 Å². The summed E-state index contributed by atoms with van der Waals surface area (Å²) < 4.78 is 0. The normalized spacial score (nSPS) is 10.9. The summed E-state index contributed by atoms with van der Waals surface area (Å²) in [7, 11) is 0. The molecule has 1 heterocycles. The van der Waals surface area contributed by atoms with E-state index >= 15 is 0 Å². The van der Waals surface area contributed by atoms with Gasteiger partial charge in [-0.05, 0) is 54.8 Å². The fourth-order valence-corrected chi connectivity index (χ4v) is 2.72. The van der Waals surface area contributed by atoms with E-state index in [0.717, 1.165) is 12.8 Å². The topological polar surface area (TPSA) is 12.9 Å². The van der Waals surface area contributed by atoms with E-state index in [-0.39, 0.29) is 0 Å². The SMILES string of the molecule is Cc1cccc(CCc2nccc3ccccc23)c1C. The van der Waals surface area contributed by atoms with Gasteiger partial charge in [0.05, 0.1) is 0 Å². The summed E-state index contributed by atoms with van der Waals surface area (Å²) >= 11 is 0. The van der Waals surface area contributed by atoms with Gasteiger partial charge in [-0.1, -0.05) is 42.5 Å². The number of aromatic nitrogens is 1. The van der Waals surface area contributed by atoms with Gasteiger partial charge in [-0.3, -0.25) is 4.98 Å². The van der Waals surface area contributed by atoms with Crippen LogP contribution < -0.4 is 0 Å². The van der Waals surface area contributed by atoms with Gasteiger partial charge in [0.1, 0.15) is 0 Å². The molecule has 1 heteroatoms. The summed E-state index contributed by atoms with van der Waals surface area (Å²) in [6.45, 7) is 4.39. The molecule has 1 aromatic heterocycles. The predicted octanol–water partition coefficient (Wildman–Crippen LogP) is 4.64. The van der Waals surface area contributed by atoms with Crippen molar-refractivity contribution in [2.24, 2.45) is 0 Å². The highest BCUT2D eigenvalue weighted by Crippen LogP contribution is 2.19. The minimum atomic E-state index is 0.992. The molecule has 0 unspecified atom stereocenters. The van der Waals surface area contributed by atoms with Gasteiger partial charge >= 0.3 is 0 Å². The molecule has 0 amide bonds. The van der Waals surface area contributed by atoms with Crippen LogP contribution in [0.5, 0.6) is 0 Å². The van der Waals surface area contributed by atoms with E-state index in [9.17, 15) is 0 Å². The maximum Gasteiger partial charge on any atom is 0.0485 e. The van der Waals surface area contributed by atoms with Crippen molar-refractivity contribution in [2.45, 2.75) is 26.7 Å². The molecule has 100 valence electrons. The summed E-state index contributed by atoms with van der Waals surface area (Å²) in [4.78, 5) is 4.57. The first-order chi connectivity index (χ1) is 9.75. The minimum Gasteiger partial charge on any atom is -0.261 e. The third-order valence-electron chi connectivity index (χ3n) is 4.10. The molecule has 0 atom stereocenters. The predicted molar refractivity (Wildman–Crippen MR) is 85.1 cm³/mol. The van der Waals surface area contributed by atoms with Gasteiger partial charge in [0, 0.05) is 17.3 Å². The van der Waals surface area contributed by atoms with E-state index in [4.69, 9.17) is 0 Å². The van der Waals surface area contributed by atoms with Crippen LogP contribution >= 0.6 is 0 Å². The average molecular weight is 261 g/mol. The molecule has 0 aliphatic rings. The zero-order valence-electron chi connectivity index (χ0n) is 12.1. The molecule has 0 fully saturated rings. The van der Waals surface area contributed by atoms with E-state index in [1.807, 2.05) is 6.20 Å². The number of aryl methyl sites for hydroxylation is 3. The fourth-order valence-electron chi connectivity index (χ4n) is 2.72. The van der Waals surface area contributed by atoms with Crippen molar-refractivity contribution >= 4 is 10.8 Å². The Labute approximate surface area is 120 Å². The summed E-state index contributed by atoms with van der Waals surface area (Å²) in [5.41, 5.74) is 5.41. The molecule has 0 spiro atoms. The highest BCUT2D eigenvalue weighted by atomic mass is 14.7. The van der Waals surface area contributed by atoms with Gasteiger partial charge in [0.15, 0.2) is 0 Å². The van der Waals surface area contributed by atoms with E-state index in [1.54, 1.807) is 0 Å². The van der Waals surface area contributed by atoms with Gasteiger partial charge in [-0.25, -0.2) is 0 Å². The molecule has 3 aromatic rings. The fraction of sp³-hybridized carbons (Fsp3) is 0.211. The van der Waals surface area contributed by atoms with E-state index in [2.05, 4.69) is 67.4 Å². The van der Waals surface area contributed by atoms with Crippen molar-refractivity contribution in [1.82, 2.24) is 4.98 Å². The summed E-state index contributed by atoms with van der Waals surface area (Å²) in [5.74, 6) is 0. The van der Waals surface area contributed by atoms with Crippen LogP contribution in [0.4, 0.5) is 0 Å². The second-order valence-corrected chi connectivity index (χ2v) is 5.34. The first-order valence-corrected chi connectivity index (χ1v) is 7.13. The third kappa shape index (κ3) is 2.44. The van der Waals surface area contributed by atoms with E-state index < -0.39 is 0 Å². The van der Waals surface area contributed by atoms with Gasteiger partial charge in [0.25, 0.3) is 0 Å². The largest absolute Gasteiger partial charge is 0.261 e. The molecule has 20 heavy (non-hydrogen) atoms. The monoisotopic (exact) mass is 261 g/mol. The third-order valence-corrected chi connectivity index (χ3v) is 4.10. The number of hydrogen-bond acceptors (Lipinski definition) is 1. The lowest BCUT2D eigenvalue weighted by Gasteiger charge is -2.09. The zero-order valence-corrected chi connectivity index (χ0v) is 12.1. The quantitative estimate of drug-likeness (QED) is 0.669. The van der Waals surface area contributed by atoms with Crippen LogP contribution in [-0.4, -0.2) is 4.98 Å². The molecule has 0 aliphatic carbocycles. The smallest absolute Gasteiger partial charge is 0.0485 e. The van der Waals surface area contributed by atoms with Crippen molar-refractivity contribution in [3.63, 3.8) is 0 Å². The van der Waals surface area contributed by atoms with Crippen LogP contribution in [-0.2, 0) is 12.8 Å². The average Bonchev–Trinajstić information content (AvgIpc) is 2.49. The summed E-state index contributed by atoms with van der Waals surface area (Å²) in [6, 6.07) is 17.1. The van der Waals surface area contributed by atoms with Gasteiger partial charge in [-0.2, -0.15) is 0 Å². The first-order valence-electron chi connectivity index (χ1n) is 7.13. The van der Waals surface area contributed by atoms with Gasteiger partial charge in [0.2, 0.25) is 0 Å². The summed E-state index contributed by atoms with van der Waals surface area (Å²) in [5, 5.41) is 2.55. The van der Waals surface area contributed by atoms with Crippen LogP contribution in [0.15, 0.2) is 54.7 Å². The molecule has 0 saturated carbocycles. The standard InChI is InChI=1S/C19H19N/c1-14-6-5-8-16(15(14)2)10-11-19-18-9-4-3-7-17(18)12-13-20-19/h3-9,12-13H,10-11H2,1-2H3. The Morgan fingerprint density at radius 1 is 0.850 bits per heavy atom. The number of pyridine rings is 1. The van der Waals surface area contributed by atoms with Crippen molar-refractivity contribution in [1.29, 1.82) is 0 Å². The molecule has 0 saturated heterocycles. The maximum absolute atomic E-state index is 4.57. The Hall–Kier alpha value is -2.15. The van der Waals surface area contributed by atoms with Crippen LogP contribution in [0.3, 0.4) is 0 Å². The lowest BCUT2D eigenvalue weighted by molar-refractivity contribution is 0.915. The van der Waals surface area contributed by atoms with Crippen LogP contribution in [0.1, 0.15) is 22.4 Å². The highest BCUT2D eigenvalue weighted by Gasteiger charge is 2.05. The van der Waals surface area contributed by atoms with Crippen molar-refractivity contribution < 1.29 is 0 Å². The van der Waals surface area contributed by atoms with Crippen LogP contribution in [0.25, 0.3) is 10.8 Å². The molecule has 0 radical (unpaired) electrons. The second kappa shape index (κ2) is 5.46. The first kappa shape index (κ1) is 12.9. The van der Waals surface area contributed by atoms with Crippen molar-refractivity contribution in [2.75, 3.05) is 0 Å². The molecular weight excluding hydrogens is 242 g/mol. The Kier molecular flexibility index (Phi) is 3.51. The molecule has 3 rings (SSSR count). The molecular formula is C19H19N. The zero-order chi connectivity index (χ0) is 13.9. The molecule has 0 N–H and O–H groups in total. The van der Waals surface area contributed by atoms with Gasteiger partial charge in [-0.15, -0.1) is 0 Å². The number of hydrogen-bond donors (Lipinski definition) is 0. The highest BCUT2D eigenvalue weighted by molar-refractivity contribution is 5.84. The maximum atomic E-state index is 4.57. The second-order valence-electron chi connectivity index (χ2n) is 5.34. The number of benzene rings is 2. The van der Waals surface area contributed by atoms with Crippen molar-refractivity contribution in [3.05, 3.63) is 77.1 Å². The lowest BCUT2D eigenvalue weighted by Crippen LogP contribution is -1.98. The molecule has 0 aliphatic heterocycles. The Morgan fingerprint density at radius 2 is 1.70 bits per heavy atom. The molecule has 0 bridgehead atoms. The Morgan fingerprint density at radius 3 is 2.60 bits per heavy atom. The number of nitrogens with zero attached hydrogens (tertiary/aromatic N) is 1. The molecule has 2 aromatic carbocycles. The number of rotatable bonds is 3. The van der Waals surface area contributed by atoms with E-state index in [1.165, 1.54) is 33.2 Å². The Bertz CT molecular complexity index is 738. The lowest BCUT2D eigenvalue weighted by atomic mass is 9.97. The van der Waals surface area contributed by atoms with E-state index in [0.29, 0.717) is 0 Å². The Balaban J connectivity index is 1.89. The van der Waals surface area contributed by atoms with Crippen molar-refractivity contribution in [3.8, 4) is 0 Å². The van der Waals surface area contributed by atoms with Crippen LogP contribution in [0.2, 0.25) is 0 Å². The van der Waals surface area contributed by atoms with Crippen LogP contribution in [0, 0.1) is 13.8 Å². The number of fused-ring (bicyclic) bond motifs is 1. The summed E-state index contributed by atoms with van der Waals surface area (Å²) in [6.07, 6.45) is 3.96. The molecule has 1 nitrogen and oxygen atoms in total. The minimum absolute atomic E-state index is 0.992.